The molecule has 23 heteroatoms. The van der Waals surface area contributed by atoms with Crippen molar-refractivity contribution in [1.82, 2.24) is 29.7 Å². The molecule has 3 aromatic heterocycles. The molecule has 6 fully saturated rings. The second-order valence-corrected chi connectivity index (χ2v) is 32.3. The fraction of sp³-hybridized carbons (Fsp3) is 0.604. The van der Waals surface area contributed by atoms with Gasteiger partial charge in [0, 0.05) is 113 Å². The minimum absolute atomic E-state index is 0. The fourth-order valence-electron chi connectivity index (χ4n) is 18.4. The molecule has 6 saturated heterocycles. The van der Waals surface area contributed by atoms with Gasteiger partial charge in [-0.25, -0.2) is 18.0 Å². The Bertz CT molecular complexity index is 3880. The van der Waals surface area contributed by atoms with Gasteiger partial charge >= 0.3 is 36.8 Å². The Kier molecular flexibility index (Phi) is 34.8. The summed E-state index contributed by atoms with van der Waals surface area (Å²) in [7, 11) is 1.40. The number of aromatic nitrogens is 3. The zero-order valence-electron chi connectivity index (χ0n) is 67.4. The van der Waals surface area contributed by atoms with Crippen molar-refractivity contribution < 1.29 is 95.3 Å². The number of methoxy groups -OCH3 is 1. The summed E-state index contributed by atoms with van der Waals surface area (Å²) in [4.78, 5) is 58.4. The fourth-order valence-corrected chi connectivity index (χ4v) is 18.4. The molecule has 0 bridgehead atoms. The average molecular weight is 1570 g/mol. The number of carbonyl (C=O) groups excluding carboxylic acids is 1. The quantitative estimate of drug-likeness (QED) is 0.0242. The maximum Gasteiger partial charge on any atom is 1.00 e. The zero-order chi connectivity index (χ0) is 77.6. The monoisotopic (exact) mass is 1570 g/mol. The summed E-state index contributed by atoms with van der Waals surface area (Å²) in [5.74, 6) is -3.47. The molecule has 15 rings (SSSR count). The summed E-state index contributed by atoms with van der Waals surface area (Å²) in [5.41, 5.74) is 15.8. The molecule has 0 spiro atoms. The Morgan fingerprint density at radius 2 is 0.737 bits per heavy atom. The zero-order valence-corrected chi connectivity index (χ0v) is 67.4. The van der Waals surface area contributed by atoms with Crippen molar-refractivity contribution in [3.05, 3.63) is 193 Å². The first kappa shape index (κ1) is 88.3. The number of rotatable bonds is 30. The van der Waals surface area contributed by atoms with Gasteiger partial charge in [-0.2, -0.15) is 0 Å². The molecule has 6 aromatic rings. The van der Waals surface area contributed by atoms with Gasteiger partial charge in [-0.1, -0.05) is 36.4 Å². The van der Waals surface area contributed by atoms with Crippen LogP contribution in [0.25, 0.3) is 0 Å². The summed E-state index contributed by atoms with van der Waals surface area (Å²) in [5, 5.41) is 20.3. The maximum atomic E-state index is 14.4. The van der Waals surface area contributed by atoms with E-state index >= 15 is 0 Å². The Balaban J connectivity index is 0.000000167. The van der Waals surface area contributed by atoms with E-state index in [0.29, 0.717) is 95.6 Å². The van der Waals surface area contributed by atoms with Crippen LogP contribution in [0.2, 0.25) is 0 Å². The summed E-state index contributed by atoms with van der Waals surface area (Å²) in [6.45, 7) is 7.60. The number of carboxylic acids is 2. The van der Waals surface area contributed by atoms with Crippen molar-refractivity contribution in [2.45, 2.75) is 267 Å². The van der Waals surface area contributed by atoms with E-state index in [1.54, 1.807) is 18.2 Å². The van der Waals surface area contributed by atoms with Crippen LogP contribution in [-0.4, -0.2) is 168 Å². The van der Waals surface area contributed by atoms with Gasteiger partial charge in [0.05, 0.1) is 43.7 Å². The number of aliphatic carboxylic acids is 2. The van der Waals surface area contributed by atoms with Gasteiger partial charge in [0.15, 0.2) is 0 Å². The van der Waals surface area contributed by atoms with E-state index in [2.05, 4.69) is 41.3 Å². The number of likely N-dealkylation sites (tertiary alicyclic amines) is 3. The Morgan fingerprint density at radius 3 is 1.04 bits per heavy atom. The standard InChI is InChI=1S/C31H41FN2O4.2C30H39FN2O4.Li.H2O/c1-36-31(35)30(27-20-23(32)13-15-26(27)29-11-5-7-19-38-29)34-17-16-25(21-34)37-18-6-4-9-24-14-12-22-8-2-3-10-28(22)33-24;2*31-22-12-14-25(28-10-4-6-18-37-28)26(19-22)29(30(34)35)33-16-15-24(20-33)36-17-5-3-8-23-13-11-21-7-1-2-9-27(21)32-23;;/h12-15,20,25,29-30H,2-11,16-19,21H2,1H3;2*11-14,19,24,28-29H,1-10,15-18,20H2,(H,34,35);;1H2/q;;;+1;/p-1/t25-,29+,30?;24-,28+,29+;24-,28+,29-;;/m111../s1. The van der Waals surface area contributed by atoms with E-state index in [9.17, 15) is 37.8 Å². The predicted octanol–water partition coefficient (Wildman–Crippen LogP) is 13.7. The Labute approximate surface area is 684 Å². The molecule has 9 aliphatic rings. The number of benzene rings is 3. The number of hydrogen-bond donors (Lipinski definition) is 2. The number of nitrogens with zero attached hydrogens (tertiary/aromatic N) is 6. The van der Waals surface area contributed by atoms with Crippen LogP contribution in [0.3, 0.4) is 0 Å². The van der Waals surface area contributed by atoms with Crippen molar-refractivity contribution in [1.29, 1.82) is 0 Å². The number of hydrogen-bond acceptors (Lipinski definition) is 17. The van der Waals surface area contributed by atoms with Crippen LogP contribution in [0.15, 0.2) is 91.0 Å². The smallest absolute Gasteiger partial charge is 0.870 e. The van der Waals surface area contributed by atoms with Crippen molar-refractivity contribution >= 4 is 17.9 Å². The first-order chi connectivity index (χ1) is 54.8. The molecule has 0 radical (unpaired) electrons. The first-order valence-electron chi connectivity index (χ1n) is 42.5. The minimum Gasteiger partial charge on any atom is -0.870 e. The molecular formula is C91H120F3LiN6O13. The number of carboxylic acid groups (broad SMARTS) is 2. The topological polar surface area (TPSA) is 235 Å². The number of carbonyl (C=O) groups is 3. The molecule has 0 amide bonds. The van der Waals surface area contributed by atoms with E-state index in [0.717, 1.165) is 184 Å². The molecule has 9 heterocycles. The van der Waals surface area contributed by atoms with Gasteiger partial charge in [-0.05, 0) is 317 Å². The second kappa shape index (κ2) is 44.9. The molecule has 3 aromatic carbocycles. The van der Waals surface area contributed by atoms with E-state index in [1.165, 1.54) is 139 Å². The largest absolute Gasteiger partial charge is 1.00 e. The molecular weight excluding hydrogens is 1450 g/mol. The molecule has 19 nitrogen and oxygen atoms in total. The van der Waals surface area contributed by atoms with Gasteiger partial charge in [-0.3, -0.25) is 39.2 Å². The van der Waals surface area contributed by atoms with Crippen molar-refractivity contribution in [3.63, 3.8) is 0 Å². The van der Waals surface area contributed by atoms with Gasteiger partial charge in [0.2, 0.25) is 0 Å². The van der Waals surface area contributed by atoms with E-state index in [-0.39, 0.29) is 72.7 Å². The normalized spacial score (nSPS) is 22.5. The van der Waals surface area contributed by atoms with Crippen molar-refractivity contribution in [2.24, 2.45) is 0 Å². The van der Waals surface area contributed by atoms with Gasteiger partial charge in [-0.15, -0.1) is 0 Å². The van der Waals surface area contributed by atoms with Crippen LogP contribution in [0.1, 0.15) is 275 Å². The van der Waals surface area contributed by atoms with E-state index in [4.69, 9.17) is 48.1 Å². The van der Waals surface area contributed by atoms with Crippen LogP contribution in [0.4, 0.5) is 13.2 Å². The Hall–Kier alpha value is -6.49. The third-order valence-electron chi connectivity index (χ3n) is 24.4. The van der Waals surface area contributed by atoms with Gasteiger partial charge in [0.1, 0.15) is 35.6 Å². The van der Waals surface area contributed by atoms with Gasteiger partial charge < -0.3 is 48.8 Å². The molecule has 9 atom stereocenters. The SMILES string of the molecule is COC(=O)C(c1cc(F)ccc1[C@@H]1CCCCO1)N1CC[C@@H](OCCCCc2ccc3c(n2)CCCC3)C1.O=C(O)[C@@H](c1cc(F)ccc1[C@@H]1CCCCO1)N1CC[C@@H](OCCCCc2ccc3c(n2)CCCC3)C1.O=C(O)[C@H](c1cc(F)ccc1[C@@H]1CCCCO1)N1CC[C@@H](OCCCCc2ccc3c(n2)CCCC3)C1.[Li+].[OH-]. The van der Waals surface area contributed by atoms with Crippen LogP contribution in [0.5, 0.6) is 0 Å². The van der Waals surface area contributed by atoms with E-state index < -0.39 is 41.7 Å². The summed E-state index contributed by atoms with van der Waals surface area (Å²) in [6, 6.07) is 24.5. The molecule has 3 aliphatic carbocycles. The predicted molar refractivity (Wildman–Crippen MR) is 424 cm³/mol. The molecule has 6 aliphatic heterocycles. The third-order valence-corrected chi connectivity index (χ3v) is 24.4. The third kappa shape index (κ3) is 24.4. The summed E-state index contributed by atoms with van der Waals surface area (Å²) >= 11 is 0. The molecule has 614 valence electrons. The second-order valence-electron chi connectivity index (χ2n) is 32.3. The summed E-state index contributed by atoms with van der Waals surface area (Å²) < 4.78 is 84.5. The molecule has 0 saturated carbocycles. The maximum absolute atomic E-state index is 14.4. The average Bonchev–Trinajstić information content (AvgIpc) is 1.38. The molecule has 3 N–H and O–H groups in total. The number of unbranched alkanes of at least 4 members (excludes halogenated alkanes) is 3. The minimum atomic E-state index is -0.958. The number of pyridine rings is 3. The van der Waals surface area contributed by atoms with Crippen molar-refractivity contribution in [2.75, 3.05) is 86.0 Å². The van der Waals surface area contributed by atoms with E-state index in [1.807, 2.05) is 9.80 Å². The molecule has 114 heavy (non-hydrogen) atoms. The number of halogens is 3. The number of esters is 1. The van der Waals surface area contributed by atoms with Crippen LogP contribution < -0.4 is 18.9 Å². The van der Waals surface area contributed by atoms with Crippen LogP contribution in [0, 0.1) is 17.5 Å². The van der Waals surface area contributed by atoms with Crippen LogP contribution in [-0.2, 0) is 105 Å². The number of aryl methyl sites for hydroxylation is 9. The van der Waals surface area contributed by atoms with Crippen LogP contribution >= 0.6 is 0 Å². The Morgan fingerprint density at radius 1 is 0.421 bits per heavy atom. The number of fused-ring (bicyclic) bond motifs is 3. The molecule has 1 unspecified atom stereocenters. The number of ether oxygens (including phenoxy) is 7. The van der Waals surface area contributed by atoms with Gasteiger partial charge in [0.25, 0.3) is 0 Å². The van der Waals surface area contributed by atoms with Crippen molar-refractivity contribution in [3.8, 4) is 0 Å². The summed E-state index contributed by atoms with van der Waals surface area (Å²) in [6.07, 6.45) is 33.9. The first-order valence-corrected chi connectivity index (χ1v) is 42.5.